The molecule has 2 atom stereocenters. The number of benzene rings is 2. The highest BCUT2D eigenvalue weighted by molar-refractivity contribution is 5.30. The van der Waals surface area contributed by atoms with E-state index < -0.39 is 6.10 Å². The number of ether oxygens (including phenoxy) is 1. The number of aliphatic hydroxyl groups is 1. The van der Waals surface area contributed by atoms with Crippen LogP contribution in [0.15, 0.2) is 48.5 Å². The van der Waals surface area contributed by atoms with Crippen molar-refractivity contribution >= 4 is 0 Å². The van der Waals surface area contributed by atoms with E-state index in [1.807, 2.05) is 30.3 Å². The van der Waals surface area contributed by atoms with E-state index in [1.165, 1.54) is 16.7 Å². The normalized spacial score (nSPS) is 13.7. The molecule has 0 aliphatic carbocycles. The van der Waals surface area contributed by atoms with Gasteiger partial charge in [0.25, 0.3) is 0 Å². The molecule has 0 heterocycles. The van der Waals surface area contributed by atoms with Gasteiger partial charge in [-0.1, -0.05) is 48.9 Å². The summed E-state index contributed by atoms with van der Waals surface area (Å²) in [7, 11) is 0. The summed E-state index contributed by atoms with van der Waals surface area (Å²) in [5.74, 6) is 0.797. The summed E-state index contributed by atoms with van der Waals surface area (Å²) in [5, 5.41) is 10.5. The first kappa shape index (κ1) is 19.5. The molecule has 0 bridgehead atoms. The van der Waals surface area contributed by atoms with Crippen LogP contribution in [0.3, 0.4) is 0 Å². The zero-order valence-corrected chi connectivity index (χ0v) is 15.9. The van der Waals surface area contributed by atoms with Crippen molar-refractivity contribution in [3.05, 3.63) is 65.2 Å². The minimum Gasteiger partial charge on any atom is -0.491 e. The first-order valence-corrected chi connectivity index (χ1v) is 9.15. The fourth-order valence-corrected chi connectivity index (χ4v) is 2.93. The molecule has 0 radical (unpaired) electrons. The van der Waals surface area contributed by atoms with E-state index in [4.69, 9.17) is 4.74 Å². The van der Waals surface area contributed by atoms with Gasteiger partial charge >= 0.3 is 0 Å². The van der Waals surface area contributed by atoms with Crippen molar-refractivity contribution in [1.29, 1.82) is 0 Å². The number of aryl methyl sites for hydroxylation is 2. The number of hydrogen-bond donors (Lipinski definition) is 1. The Morgan fingerprint density at radius 1 is 1.08 bits per heavy atom. The van der Waals surface area contributed by atoms with Gasteiger partial charge < -0.3 is 9.84 Å². The lowest BCUT2D eigenvalue weighted by Gasteiger charge is -2.31. The molecule has 2 rings (SSSR count). The lowest BCUT2D eigenvalue weighted by atomic mass is 10.0. The molecule has 0 aliphatic heterocycles. The predicted molar refractivity (Wildman–Crippen MR) is 104 cm³/mol. The molecule has 1 N–H and O–H groups in total. The zero-order valence-electron chi connectivity index (χ0n) is 15.9. The van der Waals surface area contributed by atoms with Gasteiger partial charge in [-0.25, -0.2) is 0 Å². The standard InChI is InChI=1S/C22H31NO2/c1-5-19(4)23(14-20-12-11-17(2)13-18(20)3)15-21(24)16-25-22-9-7-6-8-10-22/h6-13,19,21,24H,5,14-16H2,1-4H3/t19-,21+/m1/s1. The average molecular weight is 341 g/mol. The van der Waals surface area contributed by atoms with E-state index in [-0.39, 0.29) is 0 Å². The van der Waals surface area contributed by atoms with Gasteiger partial charge in [-0.05, 0) is 50.5 Å². The Hall–Kier alpha value is -1.84. The molecule has 136 valence electrons. The van der Waals surface area contributed by atoms with Crippen LogP contribution in [0.4, 0.5) is 0 Å². The van der Waals surface area contributed by atoms with E-state index in [1.54, 1.807) is 0 Å². The highest BCUT2D eigenvalue weighted by Gasteiger charge is 2.18. The van der Waals surface area contributed by atoms with Crippen LogP contribution >= 0.6 is 0 Å². The first-order chi connectivity index (χ1) is 12.0. The van der Waals surface area contributed by atoms with Crippen molar-refractivity contribution in [2.24, 2.45) is 0 Å². The third-order valence-corrected chi connectivity index (χ3v) is 4.72. The maximum atomic E-state index is 10.5. The van der Waals surface area contributed by atoms with Gasteiger partial charge in [0, 0.05) is 19.1 Å². The lowest BCUT2D eigenvalue weighted by molar-refractivity contribution is 0.0505. The van der Waals surface area contributed by atoms with E-state index >= 15 is 0 Å². The Bertz CT molecular complexity index is 642. The molecule has 0 saturated carbocycles. The molecule has 2 aromatic carbocycles. The number of hydrogen-bond acceptors (Lipinski definition) is 3. The predicted octanol–water partition coefficient (Wildman–Crippen LogP) is 4.34. The Labute approximate surface area is 152 Å². The van der Waals surface area contributed by atoms with Crippen LogP contribution in [0.5, 0.6) is 5.75 Å². The molecule has 0 spiro atoms. The summed E-state index contributed by atoms with van der Waals surface area (Å²) < 4.78 is 5.70. The van der Waals surface area contributed by atoms with E-state index in [0.29, 0.717) is 19.2 Å². The summed E-state index contributed by atoms with van der Waals surface area (Å²) >= 11 is 0. The molecule has 0 saturated heterocycles. The monoisotopic (exact) mass is 341 g/mol. The summed E-state index contributed by atoms with van der Waals surface area (Å²) in [6.07, 6.45) is 0.539. The van der Waals surface area contributed by atoms with Crippen molar-refractivity contribution < 1.29 is 9.84 Å². The first-order valence-electron chi connectivity index (χ1n) is 9.15. The topological polar surface area (TPSA) is 32.7 Å². The highest BCUT2D eigenvalue weighted by atomic mass is 16.5. The molecule has 0 unspecified atom stereocenters. The van der Waals surface area contributed by atoms with Crippen molar-refractivity contribution in [3.8, 4) is 5.75 Å². The summed E-state index contributed by atoms with van der Waals surface area (Å²) in [6.45, 7) is 10.4. The molecule has 0 aliphatic rings. The van der Waals surface area contributed by atoms with E-state index in [9.17, 15) is 5.11 Å². The summed E-state index contributed by atoms with van der Waals surface area (Å²) in [5.41, 5.74) is 3.91. The van der Waals surface area contributed by atoms with Crippen molar-refractivity contribution in [2.45, 2.75) is 52.8 Å². The molecular formula is C22H31NO2. The van der Waals surface area contributed by atoms with Crippen molar-refractivity contribution in [3.63, 3.8) is 0 Å². The maximum Gasteiger partial charge on any atom is 0.119 e. The van der Waals surface area contributed by atoms with Crippen molar-refractivity contribution in [2.75, 3.05) is 13.2 Å². The second-order valence-corrected chi connectivity index (χ2v) is 6.89. The van der Waals surface area contributed by atoms with Crippen LogP contribution in [-0.4, -0.2) is 35.3 Å². The SMILES string of the molecule is CC[C@@H](C)N(Cc1ccc(C)cc1C)C[C@H](O)COc1ccccc1. The molecule has 0 amide bonds. The maximum absolute atomic E-state index is 10.5. The minimum absolute atomic E-state index is 0.309. The Morgan fingerprint density at radius 3 is 2.44 bits per heavy atom. The van der Waals surface area contributed by atoms with Crippen LogP contribution < -0.4 is 4.74 Å². The Morgan fingerprint density at radius 2 is 1.80 bits per heavy atom. The average Bonchev–Trinajstić information content (AvgIpc) is 2.61. The highest BCUT2D eigenvalue weighted by Crippen LogP contribution is 2.17. The van der Waals surface area contributed by atoms with Crippen LogP contribution in [0.25, 0.3) is 0 Å². The largest absolute Gasteiger partial charge is 0.491 e. The molecule has 3 heteroatoms. The third-order valence-electron chi connectivity index (χ3n) is 4.72. The quantitative estimate of drug-likeness (QED) is 0.736. The molecule has 3 nitrogen and oxygen atoms in total. The number of nitrogens with zero attached hydrogens (tertiary/aromatic N) is 1. The van der Waals surface area contributed by atoms with E-state index in [2.05, 4.69) is 50.8 Å². The second kappa shape index (κ2) is 9.59. The van der Waals surface area contributed by atoms with Gasteiger partial charge in [0.1, 0.15) is 18.5 Å². The van der Waals surface area contributed by atoms with Gasteiger partial charge in [-0.15, -0.1) is 0 Å². The Kier molecular flexibility index (Phi) is 7.48. The fourth-order valence-electron chi connectivity index (χ4n) is 2.93. The molecular weight excluding hydrogens is 310 g/mol. The van der Waals surface area contributed by atoms with Gasteiger partial charge in [0.2, 0.25) is 0 Å². The van der Waals surface area contributed by atoms with E-state index in [0.717, 1.165) is 18.7 Å². The van der Waals surface area contributed by atoms with Crippen LogP contribution in [0.2, 0.25) is 0 Å². The minimum atomic E-state index is -0.514. The second-order valence-electron chi connectivity index (χ2n) is 6.89. The molecule has 0 fully saturated rings. The molecule has 25 heavy (non-hydrogen) atoms. The molecule has 0 aromatic heterocycles. The van der Waals surface area contributed by atoms with Gasteiger partial charge in [0.15, 0.2) is 0 Å². The summed E-state index contributed by atoms with van der Waals surface area (Å²) in [4.78, 5) is 2.34. The van der Waals surface area contributed by atoms with Crippen LogP contribution in [0.1, 0.15) is 37.0 Å². The Balaban J connectivity index is 1.97. The third kappa shape index (κ3) is 6.18. The lowest BCUT2D eigenvalue weighted by Crippen LogP contribution is -2.40. The fraction of sp³-hybridized carbons (Fsp3) is 0.455. The summed E-state index contributed by atoms with van der Waals surface area (Å²) in [6, 6.07) is 16.6. The molecule has 2 aromatic rings. The number of para-hydroxylation sites is 1. The number of rotatable bonds is 9. The van der Waals surface area contributed by atoms with Gasteiger partial charge in [-0.3, -0.25) is 4.90 Å². The zero-order chi connectivity index (χ0) is 18.2. The van der Waals surface area contributed by atoms with Crippen molar-refractivity contribution in [1.82, 2.24) is 4.90 Å². The van der Waals surface area contributed by atoms with Crippen LogP contribution in [-0.2, 0) is 6.54 Å². The smallest absolute Gasteiger partial charge is 0.119 e. The van der Waals surface area contributed by atoms with Gasteiger partial charge in [-0.2, -0.15) is 0 Å². The van der Waals surface area contributed by atoms with Crippen LogP contribution in [0, 0.1) is 13.8 Å². The number of aliphatic hydroxyl groups excluding tert-OH is 1. The van der Waals surface area contributed by atoms with Gasteiger partial charge in [0.05, 0.1) is 0 Å².